The third-order valence-electron chi connectivity index (χ3n) is 3.65. The van der Waals surface area contributed by atoms with Crippen molar-refractivity contribution >= 4 is 0 Å². The van der Waals surface area contributed by atoms with Crippen molar-refractivity contribution in [1.29, 1.82) is 0 Å². The highest BCUT2D eigenvalue weighted by molar-refractivity contribution is 5.71. The van der Waals surface area contributed by atoms with E-state index in [2.05, 4.69) is 49.5 Å². The van der Waals surface area contributed by atoms with Crippen molar-refractivity contribution in [1.82, 2.24) is 5.32 Å². The van der Waals surface area contributed by atoms with Gasteiger partial charge < -0.3 is 10.1 Å². The molecule has 1 N–H and O–H groups in total. The molecule has 0 saturated heterocycles. The quantitative estimate of drug-likeness (QED) is 0.913. The van der Waals surface area contributed by atoms with E-state index in [9.17, 15) is 0 Å². The Morgan fingerprint density at radius 3 is 2.75 bits per heavy atom. The molecule has 104 valence electrons. The highest BCUT2D eigenvalue weighted by atomic mass is 16.5. The maximum absolute atomic E-state index is 5.93. The molecule has 0 aliphatic carbocycles. The van der Waals surface area contributed by atoms with Crippen molar-refractivity contribution in [2.75, 3.05) is 6.54 Å². The van der Waals surface area contributed by atoms with Crippen LogP contribution >= 0.6 is 0 Å². The van der Waals surface area contributed by atoms with Crippen LogP contribution in [0.25, 0.3) is 11.1 Å². The second-order valence-corrected chi connectivity index (χ2v) is 5.57. The smallest absolute Gasteiger partial charge is 0.127 e. The van der Waals surface area contributed by atoms with Crippen LogP contribution in [0.15, 0.2) is 42.5 Å². The van der Waals surface area contributed by atoms with Crippen molar-refractivity contribution in [2.24, 2.45) is 0 Å². The van der Waals surface area contributed by atoms with Gasteiger partial charge in [-0.3, -0.25) is 0 Å². The van der Waals surface area contributed by atoms with Crippen molar-refractivity contribution < 1.29 is 4.74 Å². The van der Waals surface area contributed by atoms with Gasteiger partial charge in [0.05, 0.1) is 6.10 Å². The van der Waals surface area contributed by atoms with Crippen molar-refractivity contribution in [3.05, 3.63) is 53.6 Å². The third-order valence-corrected chi connectivity index (χ3v) is 3.65. The van der Waals surface area contributed by atoms with E-state index < -0.39 is 0 Å². The summed E-state index contributed by atoms with van der Waals surface area (Å²) in [6.45, 7) is 6.18. The topological polar surface area (TPSA) is 21.3 Å². The van der Waals surface area contributed by atoms with Gasteiger partial charge in [0.1, 0.15) is 5.75 Å². The Morgan fingerprint density at radius 2 is 1.90 bits per heavy atom. The minimum absolute atomic E-state index is 0.190. The normalized spacial score (nSPS) is 14.2. The van der Waals surface area contributed by atoms with E-state index in [0.29, 0.717) is 0 Å². The van der Waals surface area contributed by atoms with Crippen LogP contribution in [-0.2, 0) is 13.0 Å². The Kier molecular flexibility index (Phi) is 3.75. The minimum atomic E-state index is 0.190. The molecule has 1 heterocycles. The van der Waals surface area contributed by atoms with Crippen LogP contribution in [0.2, 0.25) is 0 Å². The zero-order chi connectivity index (χ0) is 13.9. The Morgan fingerprint density at radius 1 is 1.05 bits per heavy atom. The molecule has 2 aromatic carbocycles. The molecule has 1 aliphatic rings. The summed E-state index contributed by atoms with van der Waals surface area (Å²) in [6, 6.07) is 15.1. The summed E-state index contributed by atoms with van der Waals surface area (Å²) in [5.74, 6) is 0.964. The van der Waals surface area contributed by atoms with Gasteiger partial charge in [0, 0.05) is 12.1 Å². The van der Waals surface area contributed by atoms with E-state index in [-0.39, 0.29) is 6.10 Å². The molecule has 0 saturated carbocycles. The van der Waals surface area contributed by atoms with Crippen LogP contribution in [0.3, 0.4) is 0 Å². The number of ether oxygens (including phenoxy) is 1. The van der Waals surface area contributed by atoms with Crippen LogP contribution in [0.4, 0.5) is 0 Å². The molecule has 0 aromatic heterocycles. The number of hydrogen-bond donors (Lipinski definition) is 1. The van der Waals surface area contributed by atoms with Gasteiger partial charge in [0.15, 0.2) is 0 Å². The Balaban J connectivity index is 2.00. The second kappa shape index (κ2) is 5.68. The third kappa shape index (κ3) is 2.70. The molecule has 2 aromatic rings. The summed E-state index contributed by atoms with van der Waals surface area (Å²) in [7, 11) is 0. The number of fused-ring (bicyclic) bond motifs is 1. The predicted octanol–water partition coefficient (Wildman–Crippen LogP) is 3.79. The fourth-order valence-corrected chi connectivity index (χ4v) is 2.71. The lowest BCUT2D eigenvalue weighted by Crippen LogP contribution is -2.23. The number of hydrogen-bond acceptors (Lipinski definition) is 2. The molecule has 2 nitrogen and oxygen atoms in total. The molecule has 0 fully saturated rings. The number of nitrogens with one attached hydrogen (secondary N) is 1. The molecule has 0 unspecified atom stereocenters. The maximum atomic E-state index is 5.93. The summed E-state index contributed by atoms with van der Waals surface area (Å²) >= 11 is 0. The van der Waals surface area contributed by atoms with E-state index in [4.69, 9.17) is 4.74 Å². The monoisotopic (exact) mass is 267 g/mol. The Bertz CT molecular complexity index is 604. The van der Waals surface area contributed by atoms with Gasteiger partial charge in [-0.2, -0.15) is 0 Å². The van der Waals surface area contributed by atoms with Crippen LogP contribution < -0.4 is 10.1 Å². The molecule has 0 bridgehead atoms. The van der Waals surface area contributed by atoms with E-state index in [1.807, 2.05) is 12.1 Å². The number of para-hydroxylation sites is 1. The van der Waals surface area contributed by atoms with E-state index in [1.165, 1.54) is 22.3 Å². The van der Waals surface area contributed by atoms with Gasteiger partial charge in [0.25, 0.3) is 0 Å². The molecular weight excluding hydrogens is 246 g/mol. The summed E-state index contributed by atoms with van der Waals surface area (Å²) in [5.41, 5.74) is 5.29. The van der Waals surface area contributed by atoms with Crippen molar-refractivity contribution in [3.8, 4) is 16.9 Å². The van der Waals surface area contributed by atoms with E-state index in [1.54, 1.807) is 0 Å². The fourth-order valence-electron chi connectivity index (χ4n) is 2.71. The first-order valence-corrected chi connectivity index (χ1v) is 7.32. The first-order valence-electron chi connectivity index (χ1n) is 7.32. The highest BCUT2D eigenvalue weighted by Crippen LogP contribution is 2.32. The van der Waals surface area contributed by atoms with Crippen LogP contribution in [-0.4, -0.2) is 12.6 Å². The van der Waals surface area contributed by atoms with Crippen molar-refractivity contribution in [3.63, 3.8) is 0 Å². The van der Waals surface area contributed by atoms with E-state index >= 15 is 0 Å². The van der Waals surface area contributed by atoms with E-state index in [0.717, 1.165) is 25.3 Å². The largest absolute Gasteiger partial charge is 0.490 e. The highest BCUT2D eigenvalue weighted by Gasteiger charge is 2.12. The predicted molar refractivity (Wildman–Crippen MR) is 83.1 cm³/mol. The first-order chi connectivity index (χ1) is 9.74. The van der Waals surface area contributed by atoms with Gasteiger partial charge in [-0.15, -0.1) is 0 Å². The fraction of sp³-hybridized carbons (Fsp3) is 0.333. The molecular formula is C18H21NO. The average molecular weight is 267 g/mol. The minimum Gasteiger partial charge on any atom is -0.490 e. The van der Waals surface area contributed by atoms with Gasteiger partial charge in [0.2, 0.25) is 0 Å². The molecule has 2 heteroatoms. The lowest BCUT2D eigenvalue weighted by molar-refractivity contribution is 0.243. The molecule has 1 aliphatic heterocycles. The molecule has 0 amide bonds. The zero-order valence-corrected chi connectivity index (χ0v) is 12.1. The van der Waals surface area contributed by atoms with Gasteiger partial charge in [-0.25, -0.2) is 0 Å². The summed E-state index contributed by atoms with van der Waals surface area (Å²) in [4.78, 5) is 0. The molecule has 0 radical (unpaired) electrons. The second-order valence-electron chi connectivity index (χ2n) is 5.57. The van der Waals surface area contributed by atoms with Gasteiger partial charge >= 0.3 is 0 Å². The van der Waals surface area contributed by atoms with Crippen LogP contribution in [0, 0.1) is 0 Å². The Labute approximate surface area is 120 Å². The SMILES string of the molecule is CC(C)Oc1ccccc1-c1ccc2c(c1)CNCC2. The number of rotatable bonds is 3. The van der Waals surface area contributed by atoms with Gasteiger partial charge in [-0.1, -0.05) is 30.3 Å². The van der Waals surface area contributed by atoms with Crippen LogP contribution in [0.1, 0.15) is 25.0 Å². The summed E-state index contributed by atoms with van der Waals surface area (Å²) < 4.78 is 5.93. The Hall–Kier alpha value is -1.80. The molecule has 20 heavy (non-hydrogen) atoms. The standard InChI is InChI=1S/C18H21NO/c1-13(2)20-18-6-4-3-5-17(18)15-8-7-14-9-10-19-12-16(14)11-15/h3-8,11,13,19H,9-10,12H2,1-2H3. The summed E-state index contributed by atoms with van der Waals surface area (Å²) in [6.07, 6.45) is 1.31. The number of benzene rings is 2. The molecule has 0 spiro atoms. The maximum Gasteiger partial charge on any atom is 0.127 e. The lowest BCUT2D eigenvalue weighted by Gasteiger charge is -2.19. The first kappa shape index (κ1) is 13.2. The molecule has 3 rings (SSSR count). The lowest BCUT2D eigenvalue weighted by atomic mass is 9.95. The summed E-state index contributed by atoms with van der Waals surface area (Å²) in [5, 5.41) is 3.44. The average Bonchev–Trinajstić information content (AvgIpc) is 2.47. The molecule has 0 atom stereocenters. The van der Waals surface area contributed by atoms with Gasteiger partial charge in [-0.05, 0) is 55.6 Å². The van der Waals surface area contributed by atoms with Crippen molar-refractivity contribution in [2.45, 2.75) is 32.9 Å². The van der Waals surface area contributed by atoms with Crippen LogP contribution in [0.5, 0.6) is 5.75 Å². The zero-order valence-electron chi connectivity index (χ0n) is 12.1.